The Morgan fingerprint density at radius 1 is 1.06 bits per heavy atom. The van der Waals surface area contributed by atoms with Crippen molar-refractivity contribution < 1.29 is 0 Å². The first-order valence-corrected chi connectivity index (χ1v) is 6.38. The highest BCUT2D eigenvalue weighted by Gasteiger charge is 2.13. The predicted molar refractivity (Wildman–Crippen MR) is 71.0 cm³/mol. The van der Waals surface area contributed by atoms with Crippen LogP contribution in [0.4, 0.5) is 0 Å². The molecule has 2 aromatic rings. The molecule has 1 heterocycles. The van der Waals surface area contributed by atoms with Gasteiger partial charge >= 0.3 is 0 Å². The van der Waals surface area contributed by atoms with Crippen molar-refractivity contribution in [1.82, 2.24) is 4.98 Å². The van der Waals surface area contributed by atoms with Crippen molar-refractivity contribution in [2.24, 2.45) is 0 Å². The lowest BCUT2D eigenvalue weighted by molar-refractivity contribution is 0.590. The van der Waals surface area contributed by atoms with Gasteiger partial charge in [0, 0.05) is 16.6 Å². The molecule has 0 unspecified atom stereocenters. The number of benzene rings is 1. The Labute approximate surface area is 101 Å². The van der Waals surface area contributed by atoms with Gasteiger partial charge in [0.2, 0.25) is 0 Å². The third-order valence-electron chi connectivity index (χ3n) is 2.62. The van der Waals surface area contributed by atoms with Gasteiger partial charge in [0.05, 0.1) is 0 Å². The third kappa shape index (κ3) is 2.33. The number of aromatic nitrogens is 1. The van der Waals surface area contributed by atoms with Crippen molar-refractivity contribution in [1.29, 1.82) is 0 Å². The molecule has 0 aliphatic carbocycles. The Balaban J connectivity index is 2.33. The number of thiazole rings is 1. The van der Waals surface area contributed by atoms with E-state index in [0.29, 0.717) is 0 Å². The molecule has 84 valence electrons. The highest BCUT2D eigenvalue weighted by molar-refractivity contribution is 7.13. The first-order valence-electron chi connectivity index (χ1n) is 5.50. The van der Waals surface area contributed by atoms with Gasteiger partial charge in [-0.25, -0.2) is 4.98 Å². The summed E-state index contributed by atoms with van der Waals surface area (Å²) in [7, 11) is 0. The molecule has 2 rings (SSSR count). The topological polar surface area (TPSA) is 12.9 Å². The minimum atomic E-state index is 0.220. The summed E-state index contributed by atoms with van der Waals surface area (Å²) in [5, 5.41) is 3.20. The molecule has 0 spiro atoms. The molecule has 2 heteroatoms. The molecule has 0 N–H and O–H groups in total. The van der Waals surface area contributed by atoms with Crippen LogP contribution < -0.4 is 0 Å². The van der Waals surface area contributed by atoms with E-state index in [1.807, 2.05) is 6.92 Å². The second-order valence-corrected chi connectivity index (χ2v) is 5.98. The number of hydrogen-bond donors (Lipinski definition) is 0. The maximum absolute atomic E-state index is 4.49. The Hall–Kier alpha value is -1.15. The molecule has 0 amide bonds. The van der Waals surface area contributed by atoms with Gasteiger partial charge in [0.1, 0.15) is 5.01 Å². The van der Waals surface area contributed by atoms with Crippen molar-refractivity contribution in [3.8, 4) is 10.6 Å². The maximum atomic E-state index is 4.49. The van der Waals surface area contributed by atoms with Crippen LogP contribution in [0.2, 0.25) is 0 Å². The fraction of sp³-hybridized carbons (Fsp3) is 0.357. The lowest BCUT2D eigenvalue weighted by Gasteiger charge is -2.18. The van der Waals surface area contributed by atoms with Crippen LogP contribution in [0.1, 0.15) is 32.0 Å². The summed E-state index contributed by atoms with van der Waals surface area (Å²) >= 11 is 1.70. The van der Waals surface area contributed by atoms with Crippen LogP contribution in [0.5, 0.6) is 0 Å². The van der Waals surface area contributed by atoms with Gasteiger partial charge in [-0.2, -0.15) is 0 Å². The largest absolute Gasteiger partial charge is 0.241 e. The van der Waals surface area contributed by atoms with Crippen LogP contribution in [0.25, 0.3) is 10.6 Å². The molecule has 1 aromatic carbocycles. The minimum absolute atomic E-state index is 0.220. The third-order valence-corrected chi connectivity index (χ3v) is 3.63. The van der Waals surface area contributed by atoms with Gasteiger partial charge in [-0.1, -0.05) is 45.0 Å². The molecule has 0 radical (unpaired) electrons. The molecule has 0 saturated carbocycles. The summed E-state index contributed by atoms with van der Waals surface area (Å²) in [6.07, 6.45) is 0. The molecule has 1 nitrogen and oxygen atoms in total. The first-order chi connectivity index (χ1) is 7.47. The van der Waals surface area contributed by atoms with E-state index in [1.54, 1.807) is 11.3 Å². The molecule has 0 aliphatic heterocycles. The van der Waals surface area contributed by atoms with Crippen LogP contribution in [-0.2, 0) is 5.41 Å². The standard InChI is InChI=1S/C14H17NS/c1-10-9-16-13(15-10)11-5-7-12(8-6-11)14(2,3)4/h5-9H,1-4H3. The number of aryl methyl sites for hydroxylation is 1. The molecule has 1 aromatic heterocycles. The summed E-state index contributed by atoms with van der Waals surface area (Å²) in [5.41, 5.74) is 3.90. The lowest BCUT2D eigenvalue weighted by atomic mass is 9.87. The monoisotopic (exact) mass is 231 g/mol. The highest BCUT2D eigenvalue weighted by Crippen LogP contribution is 2.27. The lowest BCUT2D eigenvalue weighted by Crippen LogP contribution is -2.10. The average Bonchev–Trinajstić information content (AvgIpc) is 2.64. The van der Waals surface area contributed by atoms with E-state index in [4.69, 9.17) is 0 Å². The minimum Gasteiger partial charge on any atom is -0.241 e. The van der Waals surface area contributed by atoms with Crippen molar-refractivity contribution in [2.45, 2.75) is 33.1 Å². The summed E-state index contributed by atoms with van der Waals surface area (Å²) < 4.78 is 0. The molecule has 16 heavy (non-hydrogen) atoms. The molecule has 0 bridgehead atoms. The van der Waals surface area contributed by atoms with Crippen molar-refractivity contribution in [2.75, 3.05) is 0 Å². The quantitative estimate of drug-likeness (QED) is 0.708. The predicted octanol–water partition coefficient (Wildman–Crippen LogP) is 4.42. The van der Waals surface area contributed by atoms with E-state index in [0.717, 1.165) is 10.7 Å². The van der Waals surface area contributed by atoms with Crippen molar-refractivity contribution in [3.63, 3.8) is 0 Å². The highest BCUT2D eigenvalue weighted by atomic mass is 32.1. The Morgan fingerprint density at radius 3 is 2.12 bits per heavy atom. The van der Waals surface area contributed by atoms with Crippen LogP contribution >= 0.6 is 11.3 Å². The Morgan fingerprint density at radius 2 is 1.69 bits per heavy atom. The molecule has 0 fully saturated rings. The zero-order valence-electron chi connectivity index (χ0n) is 10.2. The van der Waals surface area contributed by atoms with Gasteiger partial charge in [0.15, 0.2) is 0 Å². The zero-order chi connectivity index (χ0) is 11.8. The first kappa shape index (κ1) is 11.3. The summed E-state index contributed by atoms with van der Waals surface area (Å²) in [5.74, 6) is 0. The molecule has 0 atom stereocenters. The smallest absolute Gasteiger partial charge is 0.123 e. The van der Waals surface area contributed by atoms with Crippen LogP contribution in [0.15, 0.2) is 29.6 Å². The SMILES string of the molecule is Cc1csc(-c2ccc(C(C)(C)C)cc2)n1. The van der Waals surface area contributed by atoms with E-state index >= 15 is 0 Å². The van der Waals surface area contributed by atoms with Gasteiger partial charge < -0.3 is 0 Å². The number of rotatable bonds is 1. The van der Waals surface area contributed by atoms with Crippen LogP contribution in [-0.4, -0.2) is 4.98 Å². The van der Waals surface area contributed by atoms with E-state index < -0.39 is 0 Å². The molecule has 0 saturated heterocycles. The fourth-order valence-electron chi connectivity index (χ4n) is 1.60. The molecule has 0 aliphatic rings. The van der Waals surface area contributed by atoms with Crippen LogP contribution in [0.3, 0.4) is 0 Å². The van der Waals surface area contributed by atoms with E-state index in [-0.39, 0.29) is 5.41 Å². The second-order valence-electron chi connectivity index (χ2n) is 5.12. The summed E-state index contributed by atoms with van der Waals surface area (Å²) in [6.45, 7) is 8.73. The van der Waals surface area contributed by atoms with E-state index in [1.165, 1.54) is 11.1 Å². The van der Waals surface area contributed by atoms with Crippen LogP contribution in [0, 0.1) is 6.92 Å². The van der Waals surface area contributed by atoms with Gasteiger partial charge in [0.25, 0.3) is 0 Å². The zero-order valence-corrected chi connectivity index (χ0v) is 11.1. The fourth-order valence-corrected chi connectivity index (χ4v) is 2.40. The Bertz CT molecular complexity index is 474. The van der Waals surface area contributed by atoms with Gasteiger partial charge in [-0.05, 0) is 17.9 Å². The van der Waals surface area contributed by atoms with Crippen molar-refractivity contribution >= 4 is 11.3 Å². The van der Waals surface area contributed by atoms with E-state index in [2.05, 4.69) is 55.4 Å². The maximum Gasteiger partial charge on any atom is 0.123 e. The van der Waals surface area contributed by atoms with Crippen molar-refractivity contribution in [3.05, 3.63) is 40.9 Å². The molecular weight excluding hydrogens is 214 g/mol. The summed E-state index contributed by atoms with van der Waals surface area (Å²) in [4.78, 5) is 4.49. The van der Waals surface area contributed by atoms with E-state index in [9.17, 15) is 0 Å². The molecular formula is C14H17NS. The second kappa shape index (κ2) is 4.02. The Kier molecular flexibility index (Phi) is 2.85. The van der Waals surface area contributed by atoms with Gasteiger partial charge in [-0.3, -0.25) is 0 Å². The van der Waals surface area contributed by atoms with Gasteiger partial charge in [-0.15, -0.1) is 11.3 Å². The summed E-state index contributed by atoms with van der Waals surface area (Å²) in [6, 6.07) is 8.73. The number of hydrogen-bond acceptors (Lipinski definition) is 2. The number of nitrogens with zero attached hydrogens (tertiary/aromatic N) is 1. The normalized spacial score (nSPS) is 11.8. The average molecular weight is 231 g/mol.